The molecule has 0 aliphatic carbocycles. The van der Waals surface area contributed by atoms with Crippen LogP contribution >= 0.6 is 0 Å². The maximum Gasteiger partial charge on any atom is 0.131 e. The van der Waals surface area contributed by atoms with Crippen LogP contribution in [0, 0.1) is 6.92 Å². The number of ether oxygens (including phenoxy) is 1. The van der Waals surface area contributed by atoms with Gasteiger partial charge >= 0.3 is 0 Å². The van der Waals surface area contributed by atoms with Crippen molar-refractivity contribution in [3.8, 4) is 0 Å². The summed E-state index contributed by atoms with van der Waals surface area (Å²) in [6.45, 7) is 7.99. The van der Waals surface area contributed by atoms with Gasteiger partial charge in [0.25, 0.3) is 0 Å². The molecule has 17 heavy (non-hydrogen) atoms. The fourth-order valence-electron chi connectivity index (χ4n) is 2.39. The second-order valence-electron chi connectivity index (χ2n) is 4.80. The van der Waals surface area contributed by atoms with E-state index in [0.717, 1.165) is 30.0 Å². The van der Waals surface area contributed by atoms with Gasteiger partial charge in [-0.1, -0.05) is 0 Å². The summed E-state index contributed by atoms with van der Waals surface area (Å²) in [4.78, 5) is 6.71. The summed E-state index contributed by atoms with van der Waals surface area (Å²) < 4.78 is 5.71. The molecular formula is C13H20N2O2. The van der Waals surface area contributed by atoms with Crippen molar-refractivity contribution in [2.75, 3.05) is 18.0 Å². The van der Waals surface area contributed by atoms with Gasteiger partial charge in [0.1, 0.15) is 5.82 Å². The summed E-state index contributed by atoms with van der Waals surface area (Å²) in [5, 5.41) is 9.07. The third-order valence-electron chi connectivity index (χ3n) is 3.01. The molecule has 1 N–H and O–H groups in total. The molecule has 1 fully saturated rings. The monoisotopic (exact) mass is 236 g/mol. The van der Waals surface area contributed by atoms with Gasteiger partial charge in [0.15, 0.2) is 0 Å². The fraction of sp³-hybridized carbons (Fsp3) is 0.615. The second kappa shape index (κ2) is 5.02. The average molecular weight is 236 g/mol. The molecule has 0 spiro atoms. The Morgan fingerprint density at radius 1 is 1.41 bits per heavy atom. The first-order valence-corrected chi connectivity index (χ1v) is 6.07. The Balaban J connectivity index is 2.21. The van der Waals surface area contributed by atoms with Crippen molar-refractivity contribution in [2.45, 2.75) is 39.6 Å². The first-order chi connectivity index (χ1) is 8.10. The molecule has 2 atom stereocenters. The van der Waals surface area contributed by atoms with E-state index >= 15 is 0 Å². The van der Waals surface area contributed by atoms with Gasteiger partial charge in [-0.2, -0.15) is 0 Å². The number of aryl methyl sites for hydroxylation is 1. The maximum atomic E-state index is 9.07. The van der Waals surface area contributed by atoms with Crippen LogP contribution in [-0.4, -0.2) is 35.4 Å². The van der Waals surface area contributed by atoms with Gasteiger partial charge in [-0.25, -0.2) is 4.98 Å². The van der Waals surface area contributed by atoms with Crippen LogP contribution < -0.4 is 4.90 Å². The van der Waals surface area contributed by atoms with Gasteiger partial charge in [-0.15, -0.1) is 0 Å². The minimum Gasteiger partial charge on any atom is -0.392 e. The van der Waals surface area contributed by atoms with Gasteiger partial charge < -0.3 is 14.7 Å². The van der Waals surface area contributed by atoms with E-state index in [-0.39, 0.29) is 18.8 Å². The molecule has 0 unspecified atom stereocenters. The molecule has 1 aromatic rings. The van der Waals surface area contributed by atoms with Gasteiger partial charge in [0.2, 0.25) is 0 Å². The summed E-state index contributed by atoms with van der Waals surface area (Å²) in [5.74, 6) is 1.00. The molecule has 4 nitrogen and oxygen atoms in total. The summed E-state index contributed by atoms with van der Waals surface area (Å²) in [5.41, 5.74) is 1.97. The summed E-state index contributed by atoms with van der Waals surface area (Å²) in [7, 11) is 0. The average Bonchev–Trinajstić information content (AvgIpc) is 2.27. The number of aromatic nitrogens is 1. The zero-order valence-electron chi connectivity index (χ0n) is 10.7. The highest BCUT2D eigenvalue weighted by Gasteiger charge is 2.24. The van der Waals surface area contributed by atoms with Gasteiger partial charge in [-0.3, -0.25) is 0 Å². The van der Waals surface area contributed by atoms with Gasteiger partial charge in [0.05, 0.1) is 18.8 Å². The molecule has 4 heteroatoms. The molecule has 0 saturated carbocycles. The number of hydrogen-bond acceptors (Lipinski definition) is 4. The number of aliphatic hydroxyl groups excluding tert-OH is 1. The van der Waals surface area contributed by atoms with Crippen LogP contribution in [0.5, 0.6) is 0 Å². The minimum absolute atomic E-state index is 0.0457. The summed E-state index contributed by atoms with van der Waals surface area (Å²) in [6, 6.07) is 1.99. The van der Waals surface area contributed by atoms with Crippen molar-refractivity contribution in [2.24, 2.45) is 0 Å². The molecular weight excluding hydrogens is 216 g/mol. The maximum absolute atomic E-state index is 9.07. The van der Waals surface area contributed by atoms with Crippen LogP contribution in [0.15, 0.2) is 12.3 Å². The van der Waals surface area contributed by atoms with Crippen molar-refractivity contribution < 1.29 is 9.84 Å². The Hall–Kier alpha value is -1.13. The van der Waals surface area contributed by atoms with E-state index in [0.29, 0.717) is 0 Å². The molecule has 1 aliphatic heterocycles. The Kier molecular flexibility index (Phi) is 3.64. The van der Waals surface area contributed by atoms with E-state index in [4.69, 9.17) is 9.84 Å². The topological polar surface area (TPSA) is 45.6 Å². The van der Waals surface area contributed by atoms with E-state index in [2.05, 4.69) is 23.7 Å². The highest BCUT2D eigenvalue weighted by Crippen LogP contribution is 2.22. The molecule has 1 saturated heterocycles. The van der Waals surface area contributed by atoms with E-state index < -0.39 is 0 Å². The molecule has 1 aliphatic rings. The third kappa shape index (κ3) is 2.76. The summed E-state index contributed by atoms with van der Waals surface area (Å²) in [6.07, 6.45) is 2.21. The minimum atomic E-state index is 0.0457. The molecule has 0 bridgehead atoms. The van der Waals surface area contributed by atoms with Gasteiger partial charge in [-0.05, 0) is 38.0 Å². The molecule has 2 heterocycles. The van der Waals surface area contributed by atoms with Crippen molar-refractivity contribution in [3.63, 3.8) is 0 Å². The fourth-order valence-corrected chi connectivity index (χ4v) is 2.39. The zero-order chi connectivity index (χ0) is 12.4. The van der Waals surface area contributed by atoms with Crippen LogP contribution in [0.25, 0.3) is 0 Å². The van der Waals surface area contributed by atoms with Crippen LogP contribution in [0.1, 0.15) is 25.0 Å². The summed E-state index contributed by atoms with van der Waals surface area (Å²) >= 11 is 0. The molecule has 94 valence electrons. The lowest BCUT2D eigenvalue weighted by Crippen LogP contribution is -2.46. The molecule has 0 amide bonds. The third-order valence-corrected chi connectivity index (χ3v) is 3.01. The lowest BCUT2D eigenvalue weighted by atomic mass is 10.1. The Bertz CT molecular complexity index is 385. The van der Waals surface area contributed by atoms with Crippen molar-refractivity contribution in [1.29, 1.82) is 0 Å². The molecule has 1 aromatic heterocycles. The number of rotatable bonds is 2. The van der Waals surface area contributed by atoms with Crippen LogP contribution in [0.2, 0.25) is 0 Å². The number of morpholine rings is 1. The standard InChI is InChI=1S/C13H20N2O2/c1-9-4-12(8-16)5-14-13(9)15-6-10(2)17-11(3)7-15/h4-5,10-11,16H,6-8H2,1-3H3/t10-,11+. The SMILES string of the molecule is Cc1cc(CO)cnc1N1C[C@@H](C)O[C@@H](C)C1. The number of nitrogens with zero attached hydrogens (tertiary/aromatic N) is 2. The molecule has 2 rings (SSSR count). The normalized spacial score (nSPS) is 25.1. The van der Waals surface area contributed by atoms with Crippen LogP contribution in [0.4, 0.5) is 5.82 Å². The lowest BCUT2D eigenvalue weighted by molar-refractivity contribution is -0.00549. The van der Waals surface area contributed by atoms with Crippen molar-refractivity contribution in [1.82, 2.24) is 4.98 Å². The smallest absolute Gasteiger partial charge is 0.131 e. The number of anilines is 1. The molecule has 0 aromatic carbocycles. The number of aliphatic hydroxyl groups is 1. The Morgan fingerprint density at radius 3 is 2.59 bits per heavy atom. The van der Waals surface area contributed by atoms with Crippen molar-refractivity contribution in [3.05, 3.63) is 23.4 Å². The van der Waals surface area contributed by atoms with Gasteiger partial charge in [0, 0.05) is 19.3 Å². The first kappa shape index (κ1) is 12.3. The van der Waals surface area contributed by atoms with Crippen LogP contribution in [0.3, 0.4) is 0 Å². The zero-order valence-corrected chi connectivity index (χ0v) is 10.7. The highest BCUT2D eigenvalue weighted by atomic mass is 16.5. The van der Waals surface area contributed by atoms with E-state index in [1.54, 1.807) is 6.20 Å². The van der Waals surface area contributed by atoms with E-state index in [9.17, 15) is 0 Å². The predicted molar refractivity (Wildman–Crippen MR) is 67.1 cm³/mol. The molecule has 0 radical (unpaired) electrons. The van der Waals surface area contributed by atoms with Crippen molar-refractivity contribution >= 4 is 5.82 Å². The van der Waals surface area contributed by atoms with Crippen LogP contribution in [-0.2, 0) is 11.3 Å². The second-order valence-corrected chi connectivity index (χ2v) is 4.80. The first-order valence-electron chi connectivity index (χ1n) is 6.07. The lowest BCUT2D eigenvalue weighted by Gasteiger charge is -2.36. The number of pyridine rings is 1. The Morgan fingerprint density at radius 2 is 2.06 bits per heavy atom. The predicted octanol–water partition coefficient (Wildman–Crippen LogP) is 1.50. The Labute approximate surface area is 102 Å². The largest absolute Gasteiger partial charge is 0.392 e. The van der Waals surface area contributed by atoms with E-state index in [1.165, 1.54) is 0 Å². The van der Waals surface area contributed by atoms with E-state index in [1.807, 2.05) is 13.0 Å². The number of hydrogen-bond donors (Lipinski definition) is 1. The quantitative estimate of drug-likeness (QED) is 0.845. The highest BCUT2D eigenvalue weighted by molar-refractivity contribution is 5.47.